The Hall–Kier alpha value is -1.81. The molecule has 1 N–H and O–H groups in total. The molecule has 0 spiro atoms. The van der Waals surface area contributed by atoms with Gasteiger partial charge in [-0.15, -0.1) is 0 Å². The number of rotatable bonds is 2. The van der Waals surface area contributed by atoms with Crippen LogP contribution in [0.5, 0.6) is 0 Å². The van der Waals surface area contributed by atoms with Crippen molar-refractivity contribution in [1.29, 1.82) is 0 Å². The smallest absolute Gasteiger partial charge is 0.251 e. The van der Waals surface area contributed by atoms with Crippen LogP contribution in [0.3, 0.4) is 0 Å². The number of nitrogens with one attached hydrogen (secondary N) is 1. The lowest BCUT2D eigenvalue weighted by Gasteiger charge is -2.44. The number of nitrogens with zero attached hydrogens (tertiary/aromatic N) is 1. The third-order valence-electron chi connectivity index (χ3n) is 4.71. The van der Waals surface area contributed by atoms with Crippen LogP contribution in [0.4, 0.5) is 0 Å². The Morgan fingerprint density at radius 1 is 1.20 bits per heavy atom. The zero-order valence-electron chi connectivity index (χ0n) is 11.3. The summed E-state index contributed by atoms with van der Waals surface area (Å²) in [7, 11) is 0. The van der Waals surface area contributed by atoms with Crippen molar-refractivity contribution in [3.63, 3.8) is 0 Å². The predicted molar refractivity (Wildman–Crippen MR) is 76.6 cm³/mol. The van der Waals surface area contributed by atoms with Crippen molar-refractivity contribution in [3.05, 3.63) is 36.3 Å². The van der Waals surface area contributed by atoms with Crippen LogP contribution in [0.2, 0.25) is 0 Å². The number of carbonyl (C=O) groups excluding carboxylic acids is 1. The highest BCUT2D eigenvalue weighted by Gasteiger charge is 2.34. The normalized spacial score (nSPS) is 28.7. The molecule has 1 atom stereocenters. The highest BCUT2D eigenvalue weighted by Crippen LogP contribution is 2.27. The van der Waals surface area contributed by atoms with Crippen molar-refractivity contribution in [3.8, 4) is 0 Å². The Morgan fingerprint density at radius 2 is 2.00 bits per heavy atom. The van der Waals surface area contributed by atoms with E-state index in [0.717, 1.165) is 22.9 Å². The SMILES string of the molecule is O=C(NC1CN2CCC1CC2)c1ccc2cocc2c1. The Labute approximate surface area is 117 Å². The summed E-state index contributed by atoms with van der Waals surface area (Å²) < 4.78 is 5.15. The minimum Gasteiger partial charge on any atom is -0.471 e. The van der Waals surface area contributed by atoms with E-state index in [1.54, 1.807) is 12.5 Å². The van der Waals surface area contributed by atoms with Gasteiger partial charge in [0.15, 0.2) is 0 Å². The van der Waals surface area contributed by atoms with Gasteiger partial charge in [0.2, 0.25) is 0 Å². The van der Waals surface area contributed by atoms with Gasteiger partial charge in [0.1, 0.15) is 0 Å². The fraction of sp³-hybridized carbons (Fsp3) is 0.438. The minimum atomic E-state index is 0.0341. The average molecular weight is 270 g/mol. The molecule has 1 aromatic heterocycles. The van der Waals surface area contributed by atoms with Crippen LogP contribution < -0.4 is 5.32 Å². The molecule has 3 aliphatic rings. The standard InChI is InChI=1S/C16H18N2O2/c19-16(12-1-2-13-9-20-10-14(13)7-12)17-15-8-18-5-3-11(15)4-6-18/h1-2,7,9-11,15H,3-6,8H2,(H,17,19). The molecule has 2 aromatic rings. The summed E-state index contributed by atoms with van der Waals surface area (Å²) in [5.41, 5.74) is 0.718. The number of fused-ring (bicyclic) bond motifs is 4. The summed E-state index contributed by atoms with van der Waals surface area (Å²) in [6.07, 6.45) is 5.81. The monoisotopic (exact) mass is 270 g/mol. The van der Waals surface area contributed by atoms with E-state index in [-0.39, 0.29) is 5.91 Å². The quantitative estimate of drug-likeness (QED) is 0.910. The molecule has 0 radical (unpaired) electrons. The van der Waals surface area contributed by atoms with Gasteiger partial charge in [-0.3, -0.25) is 4.79 Å². The summed E-state index contributed by atoms with van der Waals surface area (Å²) in [5.74, 6) is 0.688. The van der Waals surface area contributed by atoms with Crippen molar-refractivity contribution in [1.82, 2.24) is 10.2 Å². The fourth-order valence-corrected chi connectivity index (χ4v) is 3.49. The lowest BCUT2D eigenvalue weighted by Crippen LogP contribution is -2.57. The van der Waals surface area contributed by atoms with Crippen molar-refractivity contribution in [2.45, 2.75) is 18.9 Å². The lowest BCUT2D eigenvalue weighted by molar-refractivity contribution is 0.0620. The third-order valence-corrected chi connectivity index (χ3v) is 4.71. The molecule has 5 rings (SSSR count). The largest absolute Gasteiger partial charge is 0.471 e. The summed E-state index contributed by atoms with van der Waals surface area (Å²) in [6, 6.07) is 6.01. The van der Waals surface area contributed by atoms with Gasteiger partial charge in [-0.25, -0.2) is 0 Å². The molecule has 0 saturated carbocycles. The van der Waals surface area contributed by atoms with E-state index >= 15 is 0 Å². The summed E-state index contributed by atoms with van der Waals surface area (Å²) in [6.45, 7) is 3.39. The molecular weight excluding hydrogens is 252 g/mol. The van der Waals surface area contributed by atoms with Crippen molar-refractivity contribution >= 4 is 16.7 Å². The van der Waals surface area contributed by atoms with Crippen LogP contribution in [0.25, 0.3) is 10.8 Å². The Bertz CT molecular complexity index is 641. The molecule has 104 valence electrons. The first kappa shape index (κ1) is 12.0. The van der Waals surface area contributed by atoms with E-state index in [1.165, 1.54) is 25.9 Å². The molecule has 20 heavy (non-hydrogen) atoms. The van der Waals surface area contributed by atoms with Gasteiger partial charge in [-0.05, 0) is 44.0 Å². The highest BCUT2D eigenvalue weighted by atomic mass is 16.3. The Kier molecular flexibility index (Phi) is 2.77. The second-order valence-electron chi connectivity index (χ2n) is 5.93. The fourth-order valence-electron chi connectivity index (χ4n) is 3.49. The Morgan fingerprint density at radius 3 is 2.75 bits per heavy atom. The number of hydrogen-bond donors (Lipinski definition) is 1. The third kappa shape index (κ3) is 2.00. The van der Waals surface area contributed by atoms with E-state index in [2.05, 4.69) is 10.2 Å². The number of carbonyl (C=O) groups is 1. The molecule has 1 aromatic carbocycles. The predicted octanol–water partition coefficient (Wildman–Crippen LogP) is 2.26. The maximum Gasteiger partial charge on any atom is 0.251 e. The average Bonchev–Trinajstić information content (AvgIpc) is 2.96. The highest BCUT2D eigenvalue weighted by molar-refractivity contribution is 5.98. The lowest BCUT2D eigenvalue weighted by atomic mass is 9.84. The molecule has 4 nitrogen and oxygen atoms in total. The van der Waals surface area contributed by atoms with E-state index in [0.29, 0.717) is 12.0 Å². The molecule has 2 bridgehead atoms. The summed E-state index contributed by atoms with van der Waals surface area (Å²) in [5, 5.41) is 5.22. The van der Waals surface area contributed by atoms with Crippen molar-refractivity contribution < 1.29 is 9.21 Å². The number of amides is 1. The second-order valence-corrected chi connectivity index (χ2v) is 5.93. The van der Waals surface area contributed by atoms with Crippen LogP contribution in [0.1, 0.15) is 23.2 Å². The molecule has 3 aliphatic heterocycles. The van der Waals surface area contributed by atoms with Crippen LogP contribution >= 0.6 is 0 Å². The van der Waals surface area contributed by atoms with E-state index < -0.39 is 0 Å². The first-order valence-corrected chi connectivity index (χ1v) is 7.29. The summed E-state index contributed by atoms with van der Waals surface area (Å²) >= 11 is 0. The molecule has 4 heteroatoms. The number of furan rings is 1. The molecule has 3 saturated heterocycles. The number of hydrogen-bond acceptors (Lipinski definition) is 3. The first-order chi connectivity index (χ1) is 9.79. The summed E-state index contributed by atoms with van der Waals surface area (Å²) in [4.78, 5) is 14.8. The van der Waals surface area contributed by atoms with Gasteiger partial charge in [0, 0.05) is 28.9 Å². The Balaban J connectivity index is 1.52. The van der Waals surface area contributed by atoms with E-state index in [4.69, 9.17) is 4.42 Å². The van der Waals surface area contributed by atoms with Crippen LogP contribution in [0.15, 0.2) is 35.1 Å². The second kappa shape index (κ2) is 4.63. The van der Waals surface area contributed by atoms with Crippen LogP contribution in [-0.2, 0) is 0 Å². The minimum absolute atomic E-state index is 0.0341. The first-order valence-electron chi connectivity index (χ1n) is 7.29. The van der Waals surface area contributed by atoms with Gasteiger partial charge in [0.05, 0.1) is 12.5 Å². The molecule has 1 amide bonds. The molecular formula is C16H18N2O2. The van der Waals surface area contributed by atoms with Gasteiger partial charge < -0.3 is 14.6 Å². The van der Waals surface area contributed by atoms with Gasteiger partial charge >= 0.3 is 0 Å². The molecule has 3 fully saturated rings. The topological polar surface area (TPSA) is 45.5 Å². The number of piperidine rings is 3. The van der Waals surface area contributed by atoms with E-state index in [9.17, 15) is 4.79 Å². The molecule has 4 heterocycles. The van der Waals surface area contributed by atoms with E-state index in [1.807, 2.05) is 18.2 Å². The maximum absolute atomic E-state index is 12.4. The van der Waals surface area contributed by atoms with Gasteiger partial charge in [-0.1, -0.05) is 6.07 Å². The number of benzene rings is 1. The maximum atomic E-state index is 12.4. The molecule has 0 aliphatic carbocycles. The van der Waals surface area contributed by atoms with Crippen LogP contribution in [0, 0.1) is 5.92 Å². The van der Waals surface area contributed by atoms with Gasteiger partial charge in [0.25, 0.3) is 5.91 Å². The van der Waals surface area contributed by atoms with Crippen LogP contribution in [-0.4, -0.2) is 36.5 Å². The van der Waals surface area contributed by atoms with Crippen molar-refractivity contribution in [2.24, 2.45) is 5.92 Å². The molecule has 1 unspecified atom stereocenters. The zero-order valence-corrected chi connectivity index (χ0v) is 11.3. The van der Waals surface area contributed by atoms with Gasteiger partial charge in [-0.2, -0.15) is 0 Å². The zero-order chi connectivity index (χ0) is 13.5. The van der Waals surface area contributed by atoms with Crippen molar-refractivity contribution in [2.75, 3.05) is 19.6 Å².